The smallest absolute Gasteiger partial charge is 0.228 e. The number of nitrogens with two attached hydrogens (primary N) is 1. The maximum atomic E-state index is 5.99. The van der Waals surface area contributed by atoms with E-state index in [4.69, 9.17) is 21.9 Å². The van der Waals surface area contributed by atoms with Crippen LogP contribution in [0.15, 0.2) is 28.8 Å². The summed E-state index contributed by atoms with van der Waals surface area (Å²) in [7, 11) is 0. The zero-order valence-electron chi connectivity index (χ0n) is 13.2. The van der Waals surface area contributed by atoms with Crippen LogP contribution in [0.4, 0.5) is 0 Å². The Morgan fingerprint density at radius 2 is 2.26 bits per heavy atom. The third-order valence-corrected chi connectivity index (χ3v) is 4.56. The van der Waals surface area contributed by atoms with E-state index in [1.807, 2.05) is 24.3 Å². The van der Waals surface area contributed by atoms with Gasteiger partial charge in [-0.3, -0.25) is 0 Å². The predicted molar refractivity (Wildman–Crippen MR) is 93.9 cm³/mol. The SMILES string of the molecule is CC1(CN)CCN(CCc2nc(-c3cccc(Cl)c3)no2)C1.Cl. The Bertz CT molecular complexity index is 649. The van der Waals surface area contributed by atoms with E-state index >= 15 is 0 Å². The fraction of sp³-hybridized carbons (Fsp3) is 0.500. The molecule has 0 aliphatic carbocycles. The molecular formula is C16H22Cl2N4O. The molecule has 2 aromatic rings. The number of aromatic nitrogens is 2. The van der Waals surface area contributed by atoms with Crippen molar-refractivity contribution in [1.29, 1.82) is 0 Å². The molecule has 1 aliphatic heterocycles. The van der Waals surface area contributed by atoms with Crippen molar-refractivity contribution in [3.8, 4) is 11.4 Å². The van der Waals surface area contributed by atoms with Gasteiger partial charge in [0.1, 0.15) is 0 Å². The van der Waals surface area contributed by atoms with Gasteiger partial charge in [0.05, 0.1) is 0 Å². The molecule has 1 aromatic carbocycles. The molecule has 5 nitrogen and oxygen atoms in total. The maximum Gasteiger partial charge on any atom is 0.228 e. The highest BCUT2D eigenvalue weighted by molar-refractivity contribution is 6.30. The van der Waals surface area contributed by atoms with Crippen molar-refractivity contribution >= 4 is 24.0 Å². The van der Waals surface area contributed by atoms with Gasteiger partial charge in [-0.2, -0.15) is 4.98 Å². The zero-order chi connectivity index (χ0) is 15.6. The molecule has 1 unspecified atom stereocenters. The summed E-state index contributed by atoms with van der Waals surface area (Å²) >= 11 is 5.99. The first-order valence-corrected chi connectivity index (χ1v) is 7.97. The summed E-state index contributed by atoms with van der Waals surface area (Å²) in [6, 6.07) is 7.47. The average molecular weight is 357 g/mol. The minimum absolute atomic E-state index is 0. The summed E-state index contributed by atoms with van der Waals surface area (Å²) in [6.07, 6.45) is 1.91. The lowest BCUT2D eigenvalue weighted by Gasteiger charge is -2.22. The largest absolute Gasteiger partial charge is 0.339 e. The van der Waals surface area contributed by atoms with Gasteiger partial charge in [0.25, 0.3) is 0 Å². The quantitative estimate of drug-likeness (QED) is 0.891. The Hall–Kier alpha value is -1.14. The molecule has 0 saturated carbocycles. The molecule has 1 fully saturated rings. The second kappa shape index (κ2) is 7.62. The van der Waals surface area contributed by atoms with Crippen molar-refractivity contribution in [3.05, 3.63) is 35.2 Å². The van der Waals surface area contributed by atoms with E-state index in [1.165, 1.54) is 0 Å². The molecule has 0 radical (unpaired) electrons. The monoisotopic (exact) mass is 356 g/mol. The third kappa shape index (κ3) is 4.44. The molecule has 2 heterocycles. The first-order valence-electron chi connectivity index (χ1n) is 7.59. The summed E-state index contributed by atoms with van der Waals surface area (Å²) in [5.41, 5.74) is 6.96. The van der Waals surface area contributed by atoms with Crippen LogP contribution < -0.4 is 5.73 Å². The molecule has 126 valence electrons. The van der Waals surface area contributed by atoms with E-state index in [9.17, 15) is 0 Å². The van der Waals surface area contributed by atoms with Crippen LogP contribution in [0.1, 0.15) is 19.2 Å². The third-order valence-electron chi connectivity index (χ3n) is 4.32. The van der Waals surface area contributed by atoms with Crippen LogP contribution in [0, 0.1) is 5.41 Å². The lowest BCUT2D eigenvalue weighted by atomic mass is 9.90. The highest BCUT2D eigenvalue weighted by Gasteiger charge is 2.32. The van der Waals surface area contributed by atoms with Gasteiger partial charge in [0.2, 0.25) is 11.7 Å². The molecule has 0 bridgehead atoms. The van der Waals surface area contributed by atoms with Gasteiger partial charge in [0.15, 0.2) is 0 Å². The number of nitrogens with zero attached hydrogens (tertiary/aromatic N) is 3. The normalized spacial score (nSPS) is 21.3. The minimum atomic E-state index is 0. The molecule has 3 rings (SSSR count). The van der Waals surface area contributed by atoms with Crippen molar-refractivity contribution < 1.29 is 4.52 Å². The van der Waals surface area contributed by atoms with Crippen molar-refractivity contribution in [2.24, 2.45) is 11.1 Å². The molecule has 23 heavy (non-hydrogen) atoms. The van der Waals surface area contributed by atoms with Crippen LogP contribution in [0.25, 0.3) is 11.4 Å². The number of halogens is 2. The molecular weight excluding hydrogens is 335 g/mol. The van der Waals surface area contributed by atoms with Crippen molar-refractivity contribution in [2.45, 2.75) is 19.8 Å². The summed E-state index contributed by atoms with van der Waals surface area (Å²) in [5, 5.41) is 4.70. The lowest BCUT2D eigenvalue weighted by molar-refractivity contribution is 0.271. The Balaban J connectivity index is 0.00000192. The van der Waals surface area contributed by atoms with Gasteiger partial charge in [-0.15, -0.1) is 12.4 Å². The Morgan fingerprint density at radius 3 is 2.96 bits per heavy atom. The molecule has 1 aromatic heterocycles. The Labute approximate surface area is 147 Å². The molecule has 2 N–H and O–H groups in total. The topological polar surface area (TPSA) is 68.2 Å². The zero-order valence-corrected chi connectivity index (χ0v) is 14.7. The van der Waals surface area contributed by atoms with Crippen LogP contribution in [-0.4, -0.2) is 41.2 Å². The number of hydrogen-bond acceptors (Lipinski definition) is 5. The number of likely N-dealkylation sites (tertiary alicyclic amines) is 1. The lowest BCUT2D eigenvalue weighted by Crippen LogP contribution is -2.32. The summed E-state index contributed by atoms with van der Waals surface area (Å²) in [5.74, 6) is 1.25. The molecule has 1 atom stereocenters. The Kier molecular flexibility index (Phi) is 6.03. The fourth-order valence-electron chi connectivity index (χ4n) is 2.84. The second-order valence-electron chi connectivity index (χ2n) is 6.31. The van der Waals surface area contributed by atoms with Crippen molar-refractivity contribution in [2.75, 3.05) is 26.2 Å². The van der Waals surface area contributed by atoms with Crippen LogP contribution >= 0.6 is 24.0 Å². The van der Waals surface area contributed by atoms with Crippen LogP contribution in [0.5, 0.6) is 0 Å². The summed E-state index contributed by atoms with van der Waals surface area (Å²) in [6.45, 7) is 6.04. The molecule has 0 amide bonds. The van der Waals surface area contributed by atoms with Gasteiger partial charge in [0, 0.05) is 30.1 Å². The summed E-state index contributed by atoms with van der Waals surface area (Å²) in [4.78, 5) is 6.86. The predicted octanol–water partition coefficient (Wildman–Crippen LogP) is 3.03. The van der Waals surface area contributed by atoms with E-state index in [2.05, 4.69) is 22.0 Å². The molecule has 7 heteroatoms. The van der Waals surface area contributed by atoms with Crippen molar-refractivity contribution in [1.82, 2.24) is 15.0 Å². The highest BCUT2D eigenvalue weighted by atomic mass is 35.5. The Morgan fingerprint density at radius 1 is 1.43 bits per heavy atom. The van der Waals surface area contributed by atoms with E-state index in [0.29, 0.717) is 16.7 Å². The highest BCUT2D eigenvalue weighted by Crippen LogP contribution is 2.28. The van der Waals surface area contributed by atoms with Gasteiger partial charge in [-0.05, 0) is 37.1 Å². The van der Waals surface area contributed by atoms with Gasteiger partial charge < -0.3 is 15.2 Å². The van der Waals surface area contributed by atoms with Crippen LogP contribution in [0.3, 0.4) is 0 Å². The average Bonchev–Trinajstić information content (AvgIpc) is 3.13. The van der Waals surface area contributed by atoms with Crippen LogP contribution in [-0.2, 0) is 6.42 Å². The number of hydrogen-bond donors (Lipinski definition) is 1. The maximum absolute atomic E-state index is 5.99. The standard InChI is InChI=1S/C16H21ClN4O.ClH/c1-16(10-18)6-8-21(11-16)7-5-14-19-15(20-22-14)12-3-2-4-13(17)9-12;/h2-4,9H,5-8,10-11,18H2,1H3;1H. The first-order chi connectivity index (χ1) is 10.6. The summed E-state index contributed by atoms with van der Waals surface area (Å²) < 4.78 is 5.34. The van der Waals surface area contributed by atoms with E-state index in [0.717, 1.165) is 44.6 Å². The number of benzene rings is 1. The first kappa shape index (κ1) is 18.2. The van der Waals surface area contributed by atoms with Gasteiger partial charge >= 0.3 is 0 Å². The minimum Gasteiger partial charge on any atom is -0.339 e. The van der Waals surface area contributed by atoms with Gasteiger partial charge in [-0.25, -0.2) is 0 Å². The van der Waals surface area contributed by atoms with Gasteiger partial charge in [-0.1, -0.05) is 35.8 Å². The van der Waals surface area contributed by atoms with E-state index < -0.39 is 0 Å². The van der Waals surface area contributed by atoms with Crippen molar-refractivity contribution in [3.63, 3.8) is 0 Å². The fourth-order valence-corrected chi connectivity index (χ4v) is 3.03. The number of rotatable bonds is 5. The molecule has 0 spiro atoms. The molecule has 1 aliphatic rings. The van der Waals surface area contributed by atoms with E-state index in [-0.39, 0.29) is 17.8 Å². The van der Waals surface area contributed by atoms with Crippen LogP contribution in [0.2, 0.25) is 5.02 Å². The molecule has 1 saturated heterocycles. The van der Waals surface area contributed by atoms with E-state index in [1.54, 1.807) is 0 Å². The second-order valence-corrected chi connectivity index (χ2v) is 6.75.